The number of benzene rings is 2. The molecular formula is C18H12Br3N3O2. The van der Waals surface area contributed by atoms with Crippen LogP contribution in [-0.2, 0) is 0 Å². The summed E-state index contributed by atoms with van der Waals surface area (Å²) in [4.78, 5) is 12.3. The van der Waals surface area contributed by atoms with Crippen molar-refractivity contribution < 1.29 is 9.90 Å². The van der Waals surface area contributed by atoms with Crippen LogP contribution in [0.1, 0.15) is 16.1 Å². The van der Waals surface area contributed by atoms with Gasteiger partial charge in [-0.2, -0.15) is 5.10 Å². The molecule has 0 saturated heterocycles. The molecule has 0 radical (unpaired) electrons. The van der Waals surface area contributed by atoms with Crippen molar-refractivity contribution in [1.29, 1.82) is 0 Å². The highest BCUT2D eigenvalue weighted by molar-refractivity contribution is 9.11. The summed E-state index contributed by atoms with van der Waals surface area (Å²) in [6.07, 6.45) is 3.45. The van der Waals surface area contributed by atoms with Gasteiger partial charge in [0.25, 0.3) is 5.91 Å². The van der Waals surface area contributed by atoms with Gasteiger partial charge < -0.3 is 9.67 Å². The summed E-state index contributed by atoms with van der Waals surface area (Å²) in [6, 6.07) is 14.8. The van der Waals surface area contributed by atoms with Crippen LogP contribution >= 0.6 is 47.8 Å². The molecule has 3 rings (SSSR count). The number of carbonyl (C=O) groups is 1. The monoisotopic (exact) mass is 539 g/mol. The van der Waals surface area contributed by atoms with Crippen LogP contribution in [0.15, 0.2) is 73.2 Å². The molecule has 0 unspecified atom stereocenters. The van der Waals surface area contributed by atoms with Gasteiger partial charge >= 0.3 is 0 Å². The van der Waals surface area contributed by atoms with Crippen LogP contribution < -0.4 is 5.43 Å². The van der Waals surface area contributed by atoms with Crippen molar-refractivity contribution in [2.24, 2.45) is 5.10 Å². The molecule has 132 valence electrons. The minimum absolute atomic E-state index is 0.116. The van der Waals surface area contributed by atoms with E-state index in [0.717, 1.165) is 15.9 Å². The second-order valence-electron chi connectivity index (χ2n) is 5.27. The van der Waals surface area contributed by atoms with E-state index >= 15 is 0 Å². The van der Waals surface area contributed by atoms with E-state index in [2.05, 4.69) is 58.3 Å². The molecule has 1 aromatic heterocycles. The van der Waals surface area contributed by atoms with E-state index < -0.39 is 5.91 Å². The first-order valence-electron chi connectivity index (χ1n) is 7.40. The molecule has 0 atom stereocenters. The Morgan fingerprint density at radius 1 is 1.08 bits per heavy atom. The lowest BCUT2D eigenvalue weighted by molar-refractivity contribution is 0.0952. The zero-order valence-electron chi connectivity index (χ0n) is 13.2. The Balaban J connectivity index is 1.78. The van der Waals surface area contributed by atoms with E-state index in [9.17, 15) is 9.90 Å². The fraction of sp³-hybridized carbons (Fsp3) is 0. The predicted molar refractivity (Wildman–Crippen MR) is 112 cm³/mol. The number of rotatable bonds is 4. The molecule has 0 aliphatic carbocycles. The van der Waals surface area contributed by atoms with Gasteiger partial charge in [-0.25, -0.2) is 5.43 Å². The summed E-state index contributed by atoms with van der Waals surface area (Å²) in [7, 11) is 0. The Morgan fingerprint density at radius 2 is 1.88 bits per heavy atom. The van der Waals surface area contributed by atoms with Gasteiger partial charge in [0.05, 0.1) is 21.9 Å². The van der Waals surface area contributed by atoms with E-state index in [4.69, 9.17) is 0 Å². The number of hydrogen-bond donors (Lipinski definition) is 2. The highest BCUT2D eigenvalue weighted by Gasteiger charge is 2.14. The maximum Gasteiger partial charge on any atom is 0.275 e. The Bertz CT molecular complexity index is 999. The van der Waals surface area contributed by atoms with Crippen molar-refractivity contribution in [2.75, 3.05) is 0 Å². The van der Waals surface area contributed by atoms with Gasteiger partial charge in [-0.3, -0.25) is 4.79 Å². The second kappa shape index (κ2) is 8.20. The summed E-state index contributed by atoms with van der Waals surface area (Å²) >= 11 is 9.94. The standard InChI is InChI=1S/C18H12Br3N3O2/c19-11-3-1-4-13(7-11)24-6-2-5-14(24)10-22-23-18(26)15-8-12(20)9-16(21)17(15)25/h1-10,25H,(H,23,26)/b22-10-. The van der Waals surface area contributed by atoms with E-state index in [-0.39, 0.29) is 11.3 Å². The number of hydrazone groups is 1. The molecule has 0 spiro atoms. The van der Waals surface area contributed by atoms with Crippen LogP contribution in [0.3, 0.4) is 0 Å². The molecule has 1 heterocycles. The molecule has 1 amide bonds. The summed E-state index contributed by atoms with van der Waals surface area (Å²) in [5.74, 6) is -0.653. The van der Waals surface area contributed by atoms with Crippen LogP contribution in [0.2, 0.25) is 0 Å². The molecule has 26 heavy (non-hydrogen) atoms. The first kappa shape index (κ1) is 18.9. The van der Waals surface area contributed by atoms with E-state index in [1.54, 1.807) is 12.3 Å². The number of aromatic nitrogens is 1. The molecule has 2 aromatic carbocycles. The fourth-order valence-corrected chi connectivity index (χ4v) is 3.93. The van der Waals surface area contributed by atoms with Crippen molar-refractivity contribution in [3.8, 4) is 11.4 Å². The number of aromatic hydroxyl groups is 1. The maximum absolute atomic E-state index is 12.3. The van der Waals surface area contributed by atoms with Gasteiger partial charge in [0.15, 0.2) is 0 Å². The van der Waals surface area contributed by atoms with Crippen molar-refractivity contribution in [3.63, 3.8) is 0 Å². The van der Waals surface area contributed by atoms with Crippen LogP contribution in [0, 0.1) is 0 Å². The van der Waals surface area contributed by atoms with Gasteiger partial charge in [-0.05, 0) is 58.4 Å². The number of nitrogens with zero attached hydrogens (tertiary/aromatic N) is 2. The lowest BCUT2D eigenvalue weighted by Gasteiger charge is -2.07. The van der Waals surface area contributed by atoms with Gasteiger partial charge in [0, 0.05) is 20.8 Å². The summed E-state index contributed by atoms with van der Waals surface area (Å²) < 4.78 is 3.99. The lowest BCUT2D eigenvalue weighted by atomic mass is 10.2. The molecule has 5 nitrogen and oxygen atoms in total. The number of amides is 1. The van der Waals surface area contributed by atoms with Gasteiger partial charge in [0.2, 0.25) is 0 Å². The Morgan fingerprint density at radius 3 is 2.65 bits per heavy atom. The molecule has 0 aliphatic heterocycles. The van der Waals surface area contributed by atoms with Crippen LogP contribution in [0.25, 0.3) is 5.69 Å². The van der Waals surface area contributed by atoms with Gasteiger partial charge in [-0.15, -0.1) is 0 Å². The van der Waals surface area contributed by atoms with E-state index in [1.807, 2.05) is 47.2 Å². The lowest BCUT2D eigenvalue weighted by Crippen LogP contribution is -2.18. The molecule has 0 aliphatic rings. The van der Waals surface area contributed by atoms with Crippen molar-refractivity contribution >= 4 is 59.9 Å². The number of phenolic OH excluding ortho intramolecular Hbond substituents is 1. The van der Waals surface area contributed by atoms with E-state index in [0.29, 0.717) is 8.95 Å². The minimum Gasteiger partial charge on any atom is -0.506 e. The van der Waals surface area contributed by atoms with E-state index in [1.165, 1.54) is 6.07 Å². The Hall–Kier alpha value is -1.90. The zero-order valence-corrected chi connectivity index (χ0v) is 17.9. The Kier molecular flexibility index (Phi) is 5.95. The third-order valence-corrected chi connectivity index (χ3v) is 5.06. The fourth-order valence-electron chi connectivity index (χ4n) is 2.32. The summed E-state index contributed by atoms with van der Waals surface area (Å²) in [6.45, 7) is 0. The third-order valence-electron chi connectivity index (χ3n) is 3.50. The smallest absolute Gasteiger partial charge is 0.275 e. The SMILES string of the molecule is O=C(N/N=C\c1cccn1-c1cccc(Br)c1)c1cc(Br)cc(Br)c1O. The molecule has 0 saturated carbocycles. The number of phenols is 1. The molecular weight excluding hydrogens is 530 g/mol. The molecule has 3 aromatic rings. The highest BCUT2D eigenvalue weighted by Crippen LogP contribution is 2.31. The van der Waals surface area contributed by atoms with Crippen LogP contribution in [0.5, 0.6) is 5.75 Å². The summed E-state index contributed by atoms with van der Waals surface area (Å²) in [5, 5.41) is 14.0. The molecule has 2 N–H and O–H groups in total. The highest BCUT2D eigenvalue weighted by atomic mass is 79.9. The van der Waals surface area contributed by atoms with Crippen molar-refractivity contribution in [2.45, 2.75) is 0 Å². The predicted octanol–water partition coefficient (Wildman–Crippen LogP) is 5.23. The molecule has 0 bridgehead atoms. The summed E-state index contributed by atoms with van der Waals surface area (Å²) in [5.41, 5.74) is 4.30. The van der Waals surface area contributed by atoms with Crippen LogP contribution in [0.4, 0.5) is 0 Å². The average molecular weight is 542 g/mol. The third kappa shape index (κ3) is 4.25. The van der Waals surface area contributed by atoms with Gasteiger partial charge in [-0.1, -0.05) is 37.9 Å². The van der Waals surface area contributed by atoms with Gasteiger partial charge in [0.1, 0.15) is 5.75 Å². The van der Waals surface area contributed by atoms with Crippen molar-refractivity contribution in [1.82, 2.24) is 9.99 Å². The quantitative estimate of drug-likeness (QED) is 0.351. The number of hydrogen-bond acceptors (Lipinski definition) is 3. The number of carbonyl (C=O) groups excluding carboxylic acids is 1. The largest absolute Gasteiger partial charge is 0.506 e. The first-order chi connectivity index (χ1) is 12.5. The normalized spacial score (nSPS) is 11.0. The topological polar surface area (TPSA) is 66.6 Å². The molecule has 8 heteroatoms. The number of halogens is 3. The minimum atomic E-state index is -0.513. The van der Waals surface area contributed by atoms with Crippen molar-refractivity contribution in [3.05, 3.63) is 79.4 Å². The zero-order chi connectivity index (χ0) is 18.7. The first-order valence-corrected chi connectivity index (χ1v) is 9.78. The second-order valence-corrected chi connectivity index (χ2v) is 7.95. The molecule has 0 fully saturated rings. The van der Waals surface area contributed by atoms with Crippen LogP contribution in [-0.4, -0.2) is 21.8 Å². The average Bonchev–Trinajstić information content (AvgIpc) is 3.06. The maximum atomic E-state index is 12.3. The number of nitrogens with one attached hydrogen (secondary N) is 1. The Labute approximate surface area is 175 Å².